The number of hydrogen-bond acceptors (Lipinski definition) is 4. The van der Waals surface area contributed by atoms with E-state index < -0.39 is 5.97 Å². The Labute approximate surface area is 100 Å². The molecular formula is C11H18N4O2. The minimum atomic E-state index is -0.907. The first kappa shape index (κ1) is 12.1. The lowest BCUT2D eigenvalue weighted by molar-refractivity contribution is 0.0692. The molecule has 0 spiro atoms. The average molecular weight is 238 g/mol. The van der Waals surface area contributed by atoms with Crippen molar-refractivity contribution in [2.75, 3.05) is 19.6 Å². The molecule has 2 N–H and O–H groups in total. The van der Waals surface area contributed by atoms with Crippen LogP contribution in [0, 0.1) is 0 Å². The fourth-order valence-corrected chi connectivity index (χ4v) is 2.14. The number of carbonyl (C=O) groups is 1. The molecule has 0 unspecified atom stereocenters. The molecule has 1 aromatic heterocycles. The van der Waals surface area contributed by atoms with Gasteiger partial charge < -0.3 is 10.4 Å². The molecule has 0 radical (unpaired) electrons. The third kappa shape index (κ3) is 2.48. The van der Waals surface area contributed by atoms with Crippen LogP contribution in [0.25, 0.3) is 0 Å². The maximum atomic E-state index is 11.1. The van der Waals surface area contributed by atoms with Crippen molar-refractivity contribution >= 4 is 5.97 Å². The van der Waals surface area contributed by atoms with Crippen LogP contribution in [0.5, 0.6) is 0 Å². The van der Waals surface area contributed by atoms with Gasteiger partial charge in [-0.25, -0.2) is 4.79 Å². The molecule has 6 nitrogen and oxygen atoms in total. The summed E-state index contributed by atoms with van der Waals surface area (Å²) in [6, 6.07) is 0.417. The van der Waals surface area contributed by atoms with Crippen molar-refractivity contribution < 1.29 is 9.90 Å². The Kier molecular flexibility index (Phi) is 3.44. The SMILES string of the molecule is C[C@@H]1CNCCN1Cc1c(C(=O)O)cnn1C. The van der Waals surface area contributed by atoms with Gasteiger partial charge in [0.2, 0.25) is 0 Å². The smallest absolute Gasteiger partial charge is 0.339 e. The summed E-state index contributed by atoms with van der Waals surface area (Å²) >= 11 is 0. The molecule has 1 aliphatic heterocycles. The number of nitrogens with one attached hydrogen (secondary N) is 1. The van der Waals surface area contributed by atoms with E-state index in [0.717, 1.165) is 25.3 Å². The van der Waals surface area contributed by atoms with Crippen molar-refractivity contribution in [1.82, 2.24) is 20.0 Å². The van der Waals surface area contributed by atoms with Gasteiger partial charge in [-0.1, -0.05) is 0 Å². The van der Waals surface area contributed by atoms with Gasteiger partial charge in [0, 0.05) is 39.3 Å². The molecule has 1 saturated heterocycles. The minimum Gasteiger partial charge on any atom is -0.478 e. The number of carboxylic acids is 1. The maximum absolute atomic E-state index is 11.1. The number of aromatic nitrogens is 2. The zero-order chi connectivity index (χ0) is 12.4. The number of piperazine rings is 1. The highest BCUT2D eigenvalue weighted by Crippen LogP contribution is 2.13. The highest BCUT2D eigenvalue weighted by molar-refractivity contribution is 5.88. The molecule has 0 amide bonds. The topological polar surface area (TPSA) is 70.4 Å². The van der Waals surface area contributed by atoms with Crippen LogP contribution in [0.4, 0.5) is 0 Å². The summed E-state index contributed by atoms with van der Waals surface area (Å²) in [6.45, 7) is 5.61. The summed E-state index contributed by atoms with van der Waals surface area (Å²) < 4.78 is 1.65. The molecule has 1 fully saturated rings. The Morgan fingerprint density at radius 3 is 3.12 bits per heavy atom. The molecule has 1 aromatic rings. The lowest BCUT2D eigenvalue weighted by atomic mass is 10.1. The zero-order valence-corrected chi connectivity index (χ0v) is 10.2. The lowest BCUT2D eigenvalue weighted by Crippen LogP contribution is -2.49. The number of aromatic carboxylic acids is 1. The van der Waals surface area contributed by atoms with E-state index in [2.05, 4.69) is 22.2 Å². The Bertz CT molecular complexity index is 416. The van der Waals surface area contributed by atoms with Gasteiger partial charge in [0.25, 0.3) is 0 Å². The van der Waals surface area contributed by atoms with Crippen molar-refractivity contribution in [2.24, 2.45) is 7.05 Å². The first-order valence-corrected chi connectivity index (χ1v) is 5.78. The second kappa shape index (κ2) is 4.85. The fourth-order valence-electron chi connectivity index (χ4n) is 2.14. The van der Waals surface area contributed by atoms with Crippen molar-refractivity contribution in [3.05, 3.63) is 17.5 Å². The summed E-state index contributed by atoms with van der Waals surface area (Å²) in [4.78, 5) is 13.4. The maximum Gasteiger partial charge on any atom is 0.339 e. The van der Waals surface area contributed by atoms with Crippen molar-refractivity contribution in [3.8, 4) is 0 Å². The zero-order valence-electron chi connectivity index (χ0n) is 10.2. The normalized spacial score (nSPS) is 21.6. The first-order chi connectivity index (χ1) is 8.09. The second-order valence-corrected chi connectivity index (χ2v) is 4.46. The monoisotopic (exact) mass is 238 g/mol. The number of carboxylic acid groups (broad SMARTS) is 1. The van der Waals surface area contributed by atoms with Gasteiger partial charge in [0.15, 0.2) is 0 Å². The Hall–Kier alpha value is -1.40. The summed E-state index contributed by atoms with van der Waals surface area (Å²) in [6.07, 6.45) is 1.42. The van der Waals surface area contributed by atoms with Crippen LogP contribution < -0.4 is 5.32 Å². The van der Waals surface area contributed by atoms with E-state index >= 15 is 0 Å². The van der Waals surface area contributed by atoms with Gasteiger partial charge >= 0.3 is 5.97 Å². The number of hydrogen-bond donors (Lipinski definition) is 2. The molecule has 0 saturated carbocycles. The summed E-state index contributed by atoms with van der Waals surface area (Å²) in [7, 11) is 1.79. The molecule has 2 rings (SSSR count). The summed E-state index contributed by atoms with van der Waals surface area (Å²) in [5, 5.41) is 16.4. The summed E-state index contributed by atoms with van der Waals surface area (Å²) in [5.41, 5.74) is 1.07. The molecule has 6 heteroatoms. The molecular weight excluding hydrogens is 220 g/mol. The third-order valence-electron chi connectivity index (χ3n) is 3.28. The van der Waals surface area contributed by atoms with Crippen LogP contribution in [0.1, 0.15) is 23.0 Å². The molecule has 2 heterocycles. The molecule has 0 bridgehead atoms. The van der Waals surface area contributed by atoms with Crippen LogP contribution in [0.3, 0.4) is 0 Å². The van der Waals surface area contributed by atoms with Crippen LogP contribution in [-0.2, 0) is 13.6 Å². The Balaban J connectivity index is 2.17. The highest BCUT2D eigenvalue weighted by Gasteiger charge is 2.22. The standard InChI is InChI=1S/C11H18N4O2/c1-8-5-12-3-4-15(8)7-10-9(11(16)17)6-13-14(10)2/h6,8,12H,3-5,7H2,1-2H3,(H,16,17)/t8-/m1/s1. The van der Waals surface area contributed by atoms with Gasteiger partial charge in [0.1, 0.15) is 5.56 Å². The quantitative estimate of drug-likeness (QED) is 0.770. The summed E-state index contributed by atoms with van der Waals surface area (Å²) in [5.74, 6) is -0.907. The van der Waals surface area contributed by atoms with E-state index in [4.69, 9.17) is 5.11 Å². The van der Waals surface area contributed by atoms with E-state index in [9.17, 15) is 4.79 Å². The molecule has 0 aliphatic carbocycles. The van der Waals surface area contributed by atoms with Gasteiger partial charge in [-0.3, -0.25) is 9.58 Å². The Morgan fingerprint density at radius 2 is 2.47 bits per heavy atom. The van der Waals surface area contributed by atoms with Crippen LogP contribution in [0.15, 0.2) is 6.20 Å². The van der Waals surface area contributed by atoms with Crippen LogP contribution in [0.2, 0.25) is 0 Å². The fraction of sp³-hybridized carbons (Fsp3) is 0.636. The van der Waals surface area contributed by atoms with E-state index in [1.165, 1.54) is 6.20 Å². The van der Waals surface area contributed by atoms with E-state index in [-0.39, 0.29) is 0 Å². The molecule has 1 aliphatic rings. The van der Waals surface area contributed by atoms with Gasteiger partial charge in [-0.2, -0.15) is 5.10 Å². The largest absolute Gasteiger partial charge is 0.478 e. The molecule has 0 aromatic carbocycles. The molecule has 17 heavy (non-hydrogen) atoms. The van der Waals surface area contributed by atoms with E-state index in [1.807, 2.05) is 0 Å². The minimum absolute atomic E-state index is 0.304. The van der Waals surface area contributed by atoms with Crippen LogP contribution >= 0.6 is 0 Å². The predicted octanol–water partition coefficient (Wildman–Crippen LogP) is -0.0880. The number of aryl methyl sites for hydroxylation is 1. The number of nitrogens with zero attached hydrogens (tertiary/aromatic N) is 3. The van der Waals surface area contributed by atoms with Crippen molar-refractivity contribution in [3.63, 3.8) is 0 Å². The lowest BCUT2D eigenvalue weighted by Gasteiger charge is -2.33. The molecule has 1 atom stereocenters. The van der Waals surface area contributed by atoms with Crippen LogP contribution in [-0.4, -0.2) is 51.4 Å². The highest BCUT2D eigenvalue weighted by atomic mass is 16.4. The van der Waals surface area contributed by atoms with E-state index in [0.29, 0.717) is 18.2 Å². The third-order valence-corrected chi connectivity index (χ3v) is 3.28. The number of rotatable bonds is 3. The van der Waals surface area contributed by atoms with Gasteiger partial charge in [-0.15, -0.1) is 0 Å². The van der Waals surface area contributed by atoms with Gasteiger partial charge in [-0.05, 0) is 6.92 Å². The van der Waals surface area contributed by atoms with Crippen molar-refractivity contribution in [2.45, 2.75) is 19.5 Å². The second-order valence-electron chi connectivity index (χ2n) is 4.46. The average Bonchev–Trinajstić information content (AvgIpc) is 2.64. The molecule has 94 valence electrons. The van der Waals surface area contributed by atoms with Gasteiger partial charge in [0.05, 0.1) is 11.9 Å². The van der Waals surface area contributed by atoms with Crippen molar-refractivity contribution in [1.29, 1.82) is 0 Å². The Morgan fingerprint density at radius 1 is 1.71 bits per heavy atom. The predicted molar refractivity (Wildman–Crippen MR) is 62.9 cm³/mol. The first-order valence-electron chi connectivity index (χ1n) is 5.78. The van der Waals surface area contributed by atoms with E-state index in [1.54, 1.807) is 11.7 Å².